The van der Waals surface area contributed by atoms with Crippen LogP contribution in [0, 0.1) is 5.92 Å². The van der Waals surface area contributed by atoms with Gasteiger partial charge in [0.15, 0.2) is 0 Å². The van der Waals surface area contributed by atoms with E-state index in [9.17, 15) is 18.0 Å². The molecule has 0 saturated carbocycles. The summed E-state index contributed by atoms with van der Waals surface area (Å²) in [4.78, 5) is 12.9. The maximum Gasteiger partial charge on any atom is 0.406 e. The summed E-state index contributed by atoms with van der Waals surface area (Å²) in [6.45, 7) is 1.04. The second kappa shape index (κ2) is 8.02. The van der Waals surface area contributed by atoms with Crippen LogP contribution in [0.4, 0.5) is 13.2 Å². The Morgan fingerprint density at radius 2 is 1.90 bits per heavy atom. The van der Waals surface area contributed by atoms with E-state index in [0.29, 0.717) is 18.5 Å². The molecule has 6 heteroatoms. The number of nitrogens with two attached hydrogens (primary N) is 1. The Kier molecular flexibility index (Phi) is 6.68. The first kappa shape index (κ1) is 17.5. The second-order valence-electron chi connectivity index (χ2n) is 5.23. The third kappa shape index (κ3) is 7.13. The molecule has 0 radical (unpaired) electrons. The van der Waals surface area contributed by atoms with Crippen LogP contribution in [-0.4, -0.2) is 30.1 Å². The minimum atomic E-state index is -4.40. The van der Waals surface area contributed by atoms with Crippen molar-refractivity contribution in [1.29, 1.82) is 0 Å². The Morgan fingerprint density at radius 1 is 1.29 bits per heavy atom. The molecule has 0 aliphatic carbocycles. The van der Waals surface area contributed by atoms with Gasteiger partial charge in [0.05, 0.1) is 0 Å². The van der Waals surface area contributed by atoms with E-state index in [2.05, 4.69) is 0 Å². The van der Waals surface area contributed by atoms with Gasteiger partial charge in [-0.1, -0.05) is 37.3 Å². The summed E-state index contributed by atoms with van der Waals surface area (Å²) in [5, 5.41) is 0. The molecule has 1 atom stereocenters. The van der Waals surface area contributed by atoms with Crippen LogP contribution < -0.4 is 5.73 Å². The van der Waals surface area contributed by atoms with Gasteiger partial charge in [0.2, 0.25) is 5.91 Å². The van der Waals surface area contributed by atoms with Gasteiger partial charge in [0.1, 0.15) is 6.54 Å². The van der Waals surface area contributed by atoms with Gasteiger partial charge in [-0.15, -0.1) is 0 Å². The molecule has 3 nitrogen and oxygen atoms in total. The SMILES string of the molecule is CC(CN)CCC(=O)N(Cc1ccccc1)CC(F)(F)F. The Labute approximate surface area is 122 Å². The second-order valence-corrected chi connectivity index (χ2v) is 5.23. The molecule has 2 N–H and O–H groups in total. The van der Waals surface area contributed by atoms with Crippen LogP contribution in [0.25, 0.3) is 0 Å². The predicted molar refractivity (Wildman–Crippen MR) is 75.4 cm³/mol. The van der Waals surface area contributed by atoms with E-state index >= 15 is 0 Å². The molecular formula is C15H21F3N2O. The molecule has 1 aromatic carbocycles. The topological polar surface area (TPSA) is 46.3 Å². The van der Waals surface area contributed by atoms with Gasteiger partial charge in [-0.25, -0.2) is 0 Å². The number of alkyl halides is 3. The summed E-state index contributed by atoms with van der Waals surface area (Å²) in [7, 11) is 0. The number of nitrogens with zero attached hydrogens (tertiary/aromatic N) is 1. The average Bonchev–Trinajstić information content (AvgIpc) is 2.43. The van der Waals surface area contributed by atoms with Crippen molar-refractivity contribution in [2.75, 3.05) is 13.1 Å². The zero-order valence-electron chi connectivity index (χ0n) is 12.1. The molecule has 1 aromatic rings. The van der Waals surface area contributed by atoms with E-state index in [-0.39, 0.29) is 18.9 Å². The molecule has 0 saturated heterocycles. The van der Waals surface area contributed by atoms with Crippen molar-refractivity contribution >= 4 is 5.91 Å². The van der Waals surface area contributed by atoms with E-state index in [1.165, 1.54) is 0 Å². The van der Waals surface area contributed by atoms with E-state index in [4.69, 9.17) is 5.73 Å². The molecule has 0 aliphatic rings. The van der Waals surface area contributed by atoms with Crippen molar-refractivity contribution in [3.63, 3.8) is 0 Å². The standard InChI is InChI=1S/C15H21F3N2O/c1-12(9-19)7-8-14(21)20(11-15(16,17)18)10-13-5-3-2-4-6-13/h2-6,12H,7-11,19H2,1H3. The fourth-order valence-corrected chi connectivity index (χ4v) is 1.90. The van der Waals surface area contributed by atoms with Gasteiger partial charge in [0, 0.05) is 13.0 Å². The number of carbonyl (C=O) groups is 1. The van der Waals surface area contributed by atoms with Gasteiger partial charge in [-0.05, 0) is 24.4 Å². The molecule has 0 spiro atoms. The van der Waals surface area contributed by atoms with Crippen LogP contribution in [0.15, 0.2) is 30.3 Å². The van der Waals surface area contributed by atoms with Gasteiger partial charge >= 0.3 is 6.18 Å². The summed E-state index contributed by atoms with van der Waals surface area (Å²) >= 11 is 0. The zero-order valence-corrected chi connectivity index (χ0v) is 12.1. The number of amides is 1. The fraction of sp³-hybridized carbons (Fsp3) is 0.533. The van der Waals surface area contributed by atoms with Crippen LogP contribution in [0.3, 0.4) is 0 Å². The number of benzene rings is 1. The average molecular weight is 302 g/mol. The highest BCUT2D eigenvalue weighted by molar-refractivity contribution is 5.76. The number of carbonyl (C=O) groups excluding carboxylic acids is 1. The lowest BCUT2D eigenvalue weighted by Gasteiger charge is -2.24. The molecule has 0 fully saturated rings. The highest BCUT2D eigenvalue weighted by atomic mass is 19.4. The lowest BCUT2D eigenvalue weighted by Crippen LogP contribution is -2.38. The van der Waals surface area contributed by atoms with Gasteiger partial charge in [0.25, 0.3) is 0 Å². The van der Waals surface area contributed by atoms with Gasteiger partial charge in [-0.3, -0.25) is 4.79 Å². The Hall–Kier alpha value is -1.56. The van der Waals surface area contributed by atoms with Crippen molar-refractivity contribution in [3.05, 3.63) is 35.9 Å². The van der Waals surface area contributed by atoms with Crippen LogP contribution in [0.5, 0.6) is 0 Å². The Bertz CT molecular complexity index is 434. The molecule has 118 valence electrons. The summed E-state index contributed by atoms with van der Waals surface area (Å²) < 4.78 is 37.9. The van der Waals surface area contributed by atoms with Crippen molar-refractivity contribution in [2.24, 2.45) is 11.7 Å². The number of rotatable bonds is 7. The van der Waals surface area contributed by atoms with E-state index in [0.717, 1.165) is 4.90 Å². The zero-order chi connectivity index (χ0) is 15.9. The summed E-state index contributed by atoms with van der Waals surface area (Å²) in [5.74, 6) is -0.366. The number of hydrogen-bond acceptors (Lipinski definition) is 2. The molecule has 21 heavy (non-hydrogen) atoms. The maximum atomic E-state index is 12.6. The first-order valence-electron chi connectivity index (χ1n) is 6.90. The first-order chi connectivity index (χ1) is 9.81. The van der Waals surface area contributed by atoms with Gasteiger partial charge < -0.3 is 10.6 Å². The Balaban J connectivity index is 2.70. The van der Waals surface area contributed by atoms with Crippen molar-refractivity contribution in [3.8, 4) is 0 Å². The molecule has 0 aliphatic heterocycles. The quantitative estimate of drug-likeness (QED) is 0.841. The lowest BCUT2D eigenvalue weighted by atomic mass is 10.1. The predicted octanol–water partition coefficient (Wildman–Crippen LogP) is 2.95. The highest BCUT2D eigenvalue weighted by Crippen LogP contribution is 2.19. The molecule has 0 aromatic heterocycles. The van der Waals surface area contributed by atoms with Crippen molar-refractivity contribution in [1.82, 2.24) is 4.90 Å². The lowest BCUT2D eigenvalue weighted by molar-refractivity contribution is -0.162. The van der Waals surface area contributed by atoms with Gasteiger partial charge in [-0.2, -0.15) is 13.2 Å². The molecule has 1 unspecified atom stereocenters. The van der Waals surface area contributed by atoms with Crippen molar-refractivity contribution in [2.45, 2.75) is 32.5 Å². The number of halogens is 3. The highest BCUT2D eigenvalue weighted by Gasteiger charge is 2.32. The van der Waals surface area contributed by atoms with E-state index in [1.807, 2.05) is 6.92 Å². The van der Waals surface area contributed by atoms with Crippen LogP contribution in [-0.2, 0) is 11.3 Å². The van der Waals surface area contributed by atoms with E-state index < -0.39 is 18.6 Å². The van der Waals surface area contributed by atoms with E-state index in [1.54, 1.807) is 30.3 Å². The summed E-state index contributed by atoms with van der Waals surface area (Å²) in [6, 6.07) is 8.67. The number of hydrogen-bond donors (Lipinski definition) is 1. The third-order valence-electron chi connectivity index (χ3n) is 3.19. The van der Waals surface area contributed by atoms with Crippen LogP contribution >= 0.6 is 0 Å². The van der Waals surface area contributed by atoms with Crippen LogP contribution in [0.2, 0.25) is 0 Å². The summed E-state index contributed by atoms with van der Waals surface area (Å²) in [6.07, 6.45) is -3.82. The Morgan fingerprint density at radius 3 is 2.43 bits per heavy atom. The van der Waals surface area contributed by atoms with Crippen LogP contribution in [0.1, 0.15) is 25.3 Å². The largest absolute Gasteiger partial charge is 0.406 e. The fourth-order valence-electron chi connectivity index (χ4n) is 1.90. The molecule has 1 amide bonds. The van der Waals surface area contributed by atoms with Crippen molar-refractivity contribution < 1.29 is 18.0 Å². The monoisotopic (exact) mass is 302 g/mol. The maximum absolute atomic E-state index is 12.6. The first-order valence-corrected chi connectivity index (χ1v) is 6.90. The molecular weight excluding hydrogens is 281 g/mol. The minimum Gasteiger partial charge on any atom is -0.330 e. The molecule has 0 heterocycles. The normalized spacial score (nSPS) is 13.0. The third-order valence-corrected chi connectivity index (χ3v) is 3.19. The minimum absolute atomic E-state index is 0.0316. The molecule has 1 rings (SSSR count). The molecule has 0 bridgehead atoms. The smallest absolute Gasteiger partial charge is 0.330 e. The summed E-state index contributed by atoms with van der Waals surface area (Å²) in [5.41, 5.74) is 6.14.